The molecule has 0 aromatic heterocycles. The summed E-state index contributed by atoms with van der Waals surface area (Å²) in [7, 11) is 0. The third kappa shape index (κ3) is 8.91. The molecule has 4 N–H and O–H groups in total. The fourth-order valence-corrected chi connectivity index (χ4v) is 1.99. The molecule has 0 saturated carbocycles. The van der Waals surface area contributed by atoms with E-state index in [2.05, 4.69) is 5.32 Å². The minimum Gasteiger partial charge on any atom is -0.481 e. The Morgan fingerprint density at radius 1 is 1.20 bits per heavy atom. The number of carboxylic acids is 1. The second kappa shape index (κ2) is 8.25. The van der Waals surface area contributed by atoms with Gasteiger partial charge in [0.15, 0.2) is 0 Å². The Morgan fingerprint density at radius 3 is 2.15 bits per heavy atom. The zero-order chi connectivity index (χ0) is 15.9. The number of carbonyl (C=O) groups excluding carboxylic acids is 1. The van der Waals surface area contributed by atoms with E-state index in [-0.39, 0.29) is 36.1 Å². The van der Waals surface area contributed by atoms with Crippen molar-refractivity contribution in [2.45, 2.75) is 59.9 Å². The van der Waals surface area contributed by atoms with Gasteiger partial charge < -0.3 is 16.2 Å². The summed E-state index contributed by atoms with van der Waals surface area (Å²) in [4.78, 5) is 22.7. The maximum absolute atomic E-state index is 11.8. The van der Waals surface area contributed by atoms with Gasteiger partial charge in [0.05, 0.1) is 0 Å². The highest BCUT2D eigenvalue weighted by molar-refractivity contribution is 5.76. The lowest BCUT2D eigenvalue weighted by molar-refractivity contribution is -0.138. The average molecular weight is 286 g/mol. The third-order valence-electron chi connectivity index (χ3n) is 3.37. The first-order valence-electron chi connectivity index (χ1n) is 7.26. The van der Waals surface area contributed by atoms with Gasteiger partial charge in [0, 0.05) is 25.4 Å². The van der Waals surface area contributed by atoms with Crippen molar-refractivity contribution in [3.8, 4) is 0 Å². The molecule has 0 saturated heterocycles. The van der Waals surface area contributed by atoms with E-state index < -0.39 is 5.97 Å². The summed E-state index contributed by atoms with van der Waals surface area (Å²) >= 11 is 0. The van der Waals surface area contributed by atoms with Gasteiger partial charge in [0.25, 0.3) is 0 Å². The van der Waals surface area contributed by atoms with Gasteiger partial charge in [0.2, 0.25) is 5.91 Å². The number of rotatable bonds is 8. The van der Waals surface area contributed by atoms with Crippen LogP contribution in [0.3, 0.4) is 0 Å². The first kappa shape index (κ1) is 18.9. The molecule has 0 heterocycles. The number of carboxylic acid groups (broad SMARTS) is 1. The summed E-state index contributed by atoms with van der Waals surface area (Å²) in [6.45, 7) is 10.5. The van der Waals surface area contributed by atoms with Gasteiger partial charge in [-0.2, -0.15) is 0 Å². The smallest absolute Gasteiger partial charge is 0.303 e. The van der Waals surface area contributed by atoms with Crippen LogP contribution in [0, 0.1) is 17.3 Å². The molecule has 0 spiro atoms. The Labute approximate surface area is 122 Å². The fourth-order valence-electron chi connectivity index (χ4n) is 1.99. The molecule has 5 heteroatoms. The molecule has 2 unspecified atom stereocenters. The Balaban J connectivity index is 4.26. The van der Waals surface area contributed by atoms with Crippen LogP contribution >= 0.6 is 0 Å². The van der Waals surface area contributed by atoms with Crippen molar-refractivity contribution >= 4 is 11.9 Å². The van der Waals surface area contributed by atoms with Crippen molar-refractivity contribution in [3.05, 3.63) is 0 Å². The van der Waals surface area contributed by atoms with E-state index in [0.29, 0.717) is 12.5 Å². The SMILES string of the molecule is CC(C)CC(CNC(=O)CC(N)C(C)(C)C)CC(=O)O. The van der Waals surface area contributed by atoms with Crippen molar-refractivity contribution in [1.29, 1.82) is 0 Å². The van der Waals surface area contributed by atoms with E-state index in [1.54, 1.807) is 0 Å². The number of nitrogens with one attached hydrogen (secondary N) is 1. The largest absolute Gasteiger partial charge is 0.481 e. The first-order valence-corrected chi connectivity index (χ1v) is 7.26. The molecule has 0 aliphatic carbocycles. The molecule has 0 aliphatic heterocycles. The molecule has 0 fully saturated rings. The molecule has 0 aromatic carbocycles. The highest BCUT2D eigenvalue weighted by atomic mass is 16.4. The van der Waals surface area contributed by atoms with Gasteiger partial charge in [-0.05, 0) is 23.7 Å². The molecule has 0 rings (SSSR count). The summed E-state index contributed by atoms with van der Waals surface area (Å²) in [5.41, 5.74) is 5.85. The van der Waals surface area contributed by atoms with Gasteiger partial charge in [0.1, 0.15) is 0 Å². The Bertz CT molecular complexity index is 322. The van der Waals surface area contributed by atoms with Crippen molar-refractivity contribution in [3.63, 3.8) is 0 Å². The number of hydrogen-bond acceptors (Lipinski definition) is 3. The van der Waals surface area contributed by atoms with Gasteiger partial charge >= 0.3 is 5.97 Å². The molecule has 20 heavy (non-hydrogen) atoms. The fraction of sp³-hybridized carbons (Fsp3) is 0.867. The summed E-state index contributed by atoms with van der Waals surface area (Å²) in [5, 5.41) is 11.7. The molecule has 0 aromatic rings. The van der Waals surface area contributed by atoms with E-state index in [9.17, 15) is 9.59 Å². The zero-order valence-corrected chi connectivity index (χ0v) is 13.4. The van der Waals surface area contributed by atoms with Crippen molar-refractivity contribution < 1.29 is 14.7 Å². The number of nitrogens with two attached hydrogens (primary N) is 1. The Morgan fingerprint density at radius 2 is 1.75 bits per heavy atom. The molecular formula is C15H30N2O3. The van der Waals surface area contributed by atoms with Crippen LogP contribution in [-0.2, 0) is 9.59 Å². The molecule has 0 aliphatic rings. The molecule has 0 bridgehead atoms. The lowest BCUT2D eigenvalue weighted by atomic mass is 9.85. The van der Waals surface area contributed by atoms with E-state index >= 15 is 0 Å². The Kier molecular flexibility index (Phi) is 7.79. The van der Waals surface area contributed by atoms with Crippen LogP contribution in [0.2, 0.25) is 0 Å². The normalized spacial score (nSPS) is 14.9. The van der Waals surface area contributed by atoms with Gasteiger partial charge in [-0.15, -0.1) is 0 Å². The molecule has 5 nitrogen and oxygen atoms in total. The number of amides is 1. The Hall–Kier alpha value is -1.10. The van der Waals surface area contributed by atoms with E-state index in [4.69, 9.17) is 10.8 Å². The van der Waals surface area contributed by atoms with Gasteiger partial charge in [-0.25, -0.2) is 0 Å². The standard InChI is InChI=1S/C15H30N2O3/c1-10(2)6-11(7-14(19)20)9-17-13(18)8-12(16)15(3,4)5/h10-12H,6-9,16H2,1-5H3,(H,17,18)(H,19,20). The van der Waals surface area contributed by atoms with Crippen LogP contribution in [0.25, 0.3) is 0 Å². The quantitative estimate of drug-likeness (QED) is 0.636. The number of carbonyl (C=O) groups is 2. The number of hydrogen-bond donors (Lipinski definition) is 3. The molecular weight excluding hydrogens is 256 g/mol. The predicted molar refractivity (Wildman–Crippen MR) is 80.3 cm³/mol. The highest BCUT2D eigenvalue weighted by Gasteiger charge is 2.23. The highest BCUT2D eigenvalue weighted by Crippen LogP contribution is 2.20. The zero-order valence-electron chi connectivity index (χ0n) is 13.4. The average Bonchev–Trinajstić information content (AvgIpc) is 2.22. The first-order chi connectivity index (χ1) is 9.02. The lowest BCUT2D eigenvalue weighted by Gasteiger charge is -2.26. The second-order valence-electron chi connectivity index (χ2n) is 7.07. The van der Waals surface area contributed by atoms with Crippen LogP contribution < -0.4 is 11.1 Å². The summed E-state index contributed by atoms with van der Waals surface area (Å²) in [6, 6.07) is -0.203. The molecule has 118 valence electrons. The van der Waals surface area contributed by atoms with E-state index in [0.717, 1.165) is 6.42 Å². The lowest BCUT2D eigenvalue weighted by Crippen LogP contribution is -2.41. The van der Waals surface area contributed by atoms with Crippen LogP contribution in [-0.4, -0.2) is 29.6 Å². The van der Waals surface area contributed by atoms with Crippen molar-refractivity contribution in [2.24, 2.45) is 23.0 Å². The maximum atomic E-state index is 11.8. The van der Waals surface area contributed by atoms with Crippen molar-refractivity contribution in [2.75, 3.05) is 6.54 Å². The molecule has 2 atom stereocenters. The minimum absolute atomic E-state index is 0.0256. The third-order valence-corrected chi connectivity index (χ3v) is 3.37. The monoisotopic (exact) mass is 286 g/mol. The molecule has 0 radical (unpaired) electrons. The van der Waals surface area contributed by atoms with Gasteiger partial charge in [-0.1, -0.05) is 34.6 Å². The minimum atomic E-state index is -0.823. The maximum Gasteiger partial charge on any atom is 0.303 e. The van der Waals surface area contributed by atoms with Crippen LogP contribution in [0.5, 0.6) is 0 Å². The summed E-state index contributed by atoms with van der Waals surface area (Å²) < 4.78 is 0. The van der Waals surface area contributed by atoms with Gasteiger partial charge in [-0.3, -0.25) is 9.59 Å². The second-order valence-corrected chi connectivity index (χ2v) is 7.07. The van der Waals surface area contributed by atoms with Crippen molar-refractivity contribution in [1.82, 2.24) is 5.32 Å². The van der Waals surface area contributed by atoms with E-state index in [1.807, 2.05) is 34.6 Å². The summed E-state index contributed by atoms with van der Waals surface area (Å²) in [6.07, 6.45) is 1.15. The topological polar surface area (TPSA) is 92.4 Å². The van der Waals surface area contributed by atoms with Crippen LogP contribution in [0.4, 0.5) is 0 Å². The van der Waals surface area contributed by atoms with Crippen LogP contribution in [0.15, 0.2) is 0 Å². The van der Waals surface area contributed by atoms with Crippen LogP contribution in [0.1, 0.15) is 53.9 Å². The molecule has 1 amide bonds. The van der Waals surface area contributed by atoms with E-state index in [1.165, 1.54) is 0 Å². The predicted octanol–water partition coefficient (Wildman–Crippen LogP) is 2.00. The number of aliphatic carboxylic acids is 1. The summed E-state index contributed by atoms with van der Waals surface area (Å²) in [5.74, 6) is -0.543.